The van der Waals surface area contributed by atoms with Crippen molar-refractivity contribution in [2.24, 2.45) is 0 Å². The summed E-state index contributed by atoms with van der Waals surface area (Å²) in [6.45, 7) is 0. The van der Waals surface area contributed by atoms with Crippen molar-refractivity contribution in [1.82, 2.24) is 0 Å². The van der Waals surface area contributed by atoms with Crippen molar-refractivity contribution in [2.75, 3.05) is 0 Å². The molecule has 0 heterocycles. The van der Waals surface area contributed by atoms with Crippen molar-refractivity contribution in [3.05, 3.63) is 84.9 Å². The molecule has 0 spiro atoms. The number of fused-ring (bicyclic) bond motifs is 2. The van der Waals surface area contributed by atoms with E-state index in [9.17, 15) is 0 Å². The van der Waals surface area contributed by atoms with Gasteiger partial charge in [0.2, 0.25) is 0 Å². The maximum atomic E-state index is 3.29. The molecular formula is C20H13S. The molecule has 0 aromatic heterocycles. The first-order valence-electron chi connectivity index (χ1n) is 6.96. The first kappa shape index (κ1) is 12.5. The Hall–Kier alpha value is -2.25. The number of rotatable bonds is 2. The van der Waals surface area contributed by atoms with Crippen molar-refractivity contribution in [1.29, 1.82) is 0 Å². The van der Waals surface area contributed by atoms with Crippen LogP contribution in [-0.2, 0) is 0 Å². The molecule has 0 saturated carbocycles. The maximum Gasteiger partial charge on any atom is 0.0201 e. The van der Waals surface area contributed by atoms with Gasteiger partial charge < -0.3 is 0 Å². The van der Waals surface area contributed by atoms with Crippen LogP contribution in [0.15, 0.2) is 88.7 Å². The first-order chi connectivity index (χ1) is 10.4. The molecule has 0 unspecified atom stereocenters. The fourth-order valence-electron chi connectivity index (χ4n) is 2.57. The summed E-state index contributed by atoms with van der Waals surface area (Å²) in [6, 6.07) is 31.0. The molecule has 0 N–H and O–H groups in total. The Morgan fingerprint density at radius 2 is 1.62 bits per heavy atom. The average molecular weight is 285 g/mol. The Balaban J connectivity index is 1.79. The minimum absolute atomic E-state index is 1.17. The van der Waals surface area contributed by atoms with Crippen LogP contribution < -0.4 is 0 Å². The van der Waals surface area contributed by atoms with Crippen LogP contribution in [0.5, 0.6) is 0 Å². The Morgan fingerprint density at radius 1 is 0.714 bits per heavy atom. The van der Waals surface area contributed by atoms with Crippen LogP contribution in [0.1, 0.15) is 0 Å². The van der Waals surface area contributed by atoms with Crippen LogP contribution in [-0.4, -0.2) is 0 Å². The molecule has 1 radical (unpaired) electrons. The van der Waals surface area contributed by atoms with Gasteiger partial charge in [-0.05, 0) is 45.8 Å². The van der Waals surface area contributed by atoms with Gasteiger partial charge in [-0.15, -0.1) is 0 Å². The molecule has 4 aromatic rings. The van der Waals surface area contributed by atoms with Crippen LogP contribution in [0.4, 0.5) is 0 Å². The predicted octanol–water partition coefficient (Wildman–Crippen LogP) is 5.94. The van der Waals surface area contributed by atoms with E-state index in [1.54, 1.807) is 0 Å². The predicted molar refractivity (Wildman–Crippen MR) is 90.9 cm³/mol. The highest BCUT2D eigenvalue weighted by Gasteiger charge is 2.03. The van der Waals surface area contributed by atoms with E-state index in [0.717, 1.165) is 0 Å². The summed E-state index contributed by atoms with van der Waals surface area (Å²) in [5.74, 6) is 0. The molecule has 0 aliphatic rings. The molecular weight excluding hydrogens is 272 g/mol. The van der Waals surface area contributed by atoms with Gasteiger partial charge in [0.25, 0.3) is 0 Å². The fraction of sp³-hybridized carbons (Fsp3) is 0. The summed E-state index contributed by atoms with van der Waals surface area (Å²) in [5.41, 5.74) is 0. The van der Waals surface area contributed by atoms with Gasteiger partial charge in [-0.25, -0.2) is 0 Å². The second-order valence-corrected chi connectivity index (χ2v) is 6.11. The van der Waals surface area contributed by atoms with Gasteiger partial charge in [-0.3, -0.25) is 0 Å². The van der Waals surface area contributed by atoms with Crippen LogP contribution >= 0.6 is 11.8 Å². The molecule has 0 atom stereocenters. The summed E-state index contributed by atoms with van der Waals surface area (Å²) in [6.07, 6.45) is 0. The maximum absolute atomic E-state index is 3.29. The molecule has 0 bridgehead atoms. The monoisotopic (exact) mass is 285 g/mol. The molecule has 21 heavy (non-hydrogen) atoms. The van der Waals surface area contributed by atoms with Crippen molar-refractivity contribution in [3.8, 4) is 0 Å². The second kappa shape index (κ2) is 5.27. The summed E-state index contributed by atoms with van der Waals surface area (Å²) >= 11 is 1.81. The fourth-order valence-corrected chi connectivity index (χ4v) is 3.58. The molecule has 4 rings (SSSR count). The third-order valence-corrected chi connectivity index (χ3v) is 4.68. The quantitative estimate of drug-likeness (QED) is 0.439. The Labute approximate surface area is 128 Å². The van der Waals surface area contributed by atoms with Gasteiger partial charge in [0.05, 0.1) is 0 Å². The lowest BCUT2D eigenvalue weighted by atomic mass is 10.1. The van der Waals surface area contributed by atoms with E-state index in [2.05, 4.69) is 72.8 Å². The molecule has 0 aliphatic heterocycles. The van der Waals surface area contributed by atoms with E-state index in [-0.39, 0.29) is 0 Å². The first-order valence-corrected chi connectivity index (χ1v) is 7.78. The molecule has 0 aliphatic carbocycles. The minimum Gasteiger partial charge on any atom is -0.0894 e. The third kappa shape index (κ3) is 2.41. The van der Waals surface area contributed by atoms with Crippen LogP contribution in [0.3, 0.4) is 0 Å². The average Bonchev–Trinajstić information content (AvgIpc) is 2.55. The highest BCUT2D eigenvalue weighted by atomic mass is 32.2. The summed E-state index contributed by atoms with van der Waals surface area (Å²) in [7, 11) is 0. The topological polar surface area (TPSA) is 0 Å². The lowest BCUT2D eigenvalue weighted by Gasteiger charge is -2.07. The van der Waals surface area contributed by atoms with E-state index < -0.39 is 0 Å². The van der Waals surface area contributed by atoms with Gasteiger partial charge in [-0.1, -0.05) is 72.4 Å². The van der Waals surface area contributed by atoms with Crippen molar-refractivity contribution < 1.29 is 0 Å². The smallest absolute Gasteiger partial charge is 0.0201 e. The summed E-state index contributed by atoms with van der Waals surface area (Å²) in [5, 5.41) is 5.00. The zero-order chi connectivity index (χ0) is 14.1. The molecule has 4 aromatic carbocycles. The molecule has 99 valence electrons. The Kier molecular flexibility index (Phi) is 3.13. The van der Waals surface area contributed by atoms with E-state index in [1.807, 2.05) is 23.9 Å². The van der Waals surface area contributed by atoms with E-state index in [0.29, 0.717) is 0 Å². The molecule has 0 saturated heterocycles. The second-order valence-electron chi connectivity index (χ2n) is 5.00. The van der Waals surface area contributed by atoms with Crippen LogP contribution in [0.25, 0.3) is 21.5 Å². The SMILES string of the molecule is [c]1cccc2c(Sc3ccc4ccccc4c3)cccc12. The van der Waals surface area contributed by atoms with Gasteiger partial charge in [0.1, 0.15) is 0 Å². The minimum atomic E-state index is 1.17. The van der Waals surface area contributed by atoms with Gasteiger partial charge in [-0.2, -0.15) is 0 Å². The van der Waals surface area contributed by atoms with Crippen molar-refractivity contribution in [2.45, 2.75) is 9.79 Å². The van der Waals surface area contributed by atoms with Gasteiger partial charge in [0, 0.05) is 9.79 Å². The van der Waals surface area contributed by atoms with Crippen LogP contribution in [0.2, 0.25) is 0 Å². The molecule has 1 heteroatoms. The Morgan fingerprint density at radius 3 is 2.57 bits per heavy atom. The van der Waals surface area contributed by atoms with E-state index >= 15 is 0 Å². The van der Waals surface area contributed by atoms with Gasteiger partial charge >= 0.3 is 0 Å². The van der Waals surface area contributed by atoms with Crippen LogP contribution in [0, 0.1) is 6.07 Å². The number of hydrogen-bond donors (Lipinski definition) is 0. The summed E-state index contributed by atoms with van der Waals surface area (Å²) < 4.78 is 0. The standard InChI is InChI=1S/C20H13S/c1-2-8-17-14-18(13-12-15(17)6-1)21-20-11-5-9-16-7-3-4-10-19(16)20/h1-6,8-14H. The molecule has 0 nitrogen and oxygen atoms in total. The third-order valence-electron chi connectivity index (χ3n) is 3.61. The zero-order valence-corrected chi connectivity index (χ0v) is 12.2. The lowest BCUT2D eigenvalue weighted by molar-refractivity contribution is 1.46. The highest BCUT2D eigenvalue weighted by molar-refractivity contribution is 7.99. The number of benzene rings is 4. The van der Waals surface area contributed by atoms with E-state index in [4.69, 9.17) is 0 Å². The van der Waals surface area contributed by atoms with Crippen molar-refractivity contribution in [3.63, 3.8) is 0 Å². The molecule has 0 fully saturated rings. The highest BCUT2D eigenvalue weighted by Crippen LogP contribution is 2.34. The largest absolute Gasteiger partial charge is 0.0894 e. The Bertz CT molecular complexity index is 919. The lowest BCUT2D eigenvalue weighted by Crippen LogP contribution is -1.79. The normalized spacial score (nSPS) is 11.0. The molecule has 0 amide bonds. The zero-order valence-electron chi connectivity index (χ0n) is 11.4. The van der Waals surface area contributed by atoms with Crippen molar-refractivity contribution >= 4 is 33.3 Å². The summed E-state index contributed by atoms with van der Waals surface area (Å²) in [4.78, 5) is 2.55. The van der Waals surface area contributed by atoms with Gasteiger partial charge in [0.15, 0.2) is 0 Å². The number of hydrogen-bond acceptors (Lipinski definition) is 1. The van der Waals surface area contributed by atoms with E-state index in [1.165, 1.54) is 31.3 Å².